The molecule has 2 nitrogen and oxygen atoms in total. The SMILES string of the molecule is Cc1cccc(Cl)c1NC(=O)CCCCBr. The van der Waals surface area contributed by atoms with E-state index in [-0.39, 0.29) is 5.91 Å². The van der Waals surface area contributed by atoms with Crippen LogP contribution >= 0.6 is 27.5 Å². The van der Waals surface area contributed by atoms with Crippen LogP contribution in [0.15, 0.2) is 18.2 Å². The number of hydrogen-bond acceptors (Lipinski definition) is 1. The molecule has 1 aromatic carbocycles. The van der Waals surface area contributed by atoms with E-state index in [1.54, 1.807) is 6.07 Å². The maximum atomic E-state index is 11.6. The van der Waals surface area contributed by atoms with Crippen molar-refractivity contribution < 1.29 is 4.79 Å². The van der Waals surface area contributed by atoms with Gasteiger partial charge in [-0.2, -0.15) is 0 Å². The molecular weight excluding hydrogens is 289 g/mol. The van der Waals surface area contributed by atoms with Gasteiger partial charge in [0.2, 0.25) is 5.91 Å². The van der Waals surface area contributed by atoms with Gasteiger partial charge in [0, 0.05) is 11.8 Å². The van der Waals surface area contributed by atoms with Gasteiger partial charge in [-0.05, 0) is 31.4 Å². The van der Waals surface area contributed by atoms with Crippen molar-refractivity contribution >= 4 is 39.1 Å². The summed E-state index contributed by atoms with van der Waals surface area (Å²) in [5.74, 6) is 0.0251. The van der Waals surface area contributed by atoms with Crippen LogP contribution in [0.2, 0.25) is 5.02 Å². The average Bonchev–Trinajstić information content (AvgIpc) is 2.24. The summed E-state index contributed by atoms with van der Waals surface area (Å²) in [6.07, 6.45) is 2.44. The second-order valence-corrected chi connectivity index (χ2v) is 4.83. The van der Waals surface area contributed by atoms with Gasteiger partial charge in [-0.1, -0.05) is 39.7 Å². The molecule has 0 saturated heterocycles. The second kappa shape index (κ2) is 6.92. The van der Waals surface area contributed by atoms with Gasteiger partial charge in [0.25, 0.3) is 0 Å². The minimum absolute atomic E-state index is 0.0251. The lowest BCUT2D eigenvalue weighted by Gasteiger charge is -2.09. The Bertz CT molecular complexity index is 348. The molecule has 88 valence electrons. The number of halogens is 2. The van der Waals surface area contributed by atoms with Gasteiger partial charge < -0.3 is 5.32 Å². The summed E-state index contributed by atoms with van der Waals surface area (Å²) in [6, 6.07) is 5.58. The highest BCUT2D eigenvalue weighted by molar-refractivity contribution is 9.09. The molecule has 4 heteroatoms. The number of rotatable bonds is 5. The molecule has 0 heterocycles. The largest absolute Gasteiger partial charge is 0.325 e. The van der Waals surface area contributed by atoms with E-state index < -0.39 is 0 Å². The van der Waals surface area contributed by atoms with E-state index in [0.717, 1.165) is 29.4 Å². The highest BCUT2D eigenvalue weighted by Crippen LogP contribution is 2.25. The summed E-state index contributed by atoms with van der Waals surface area (Å²) in [5, 5.41) is 4.38. The van der Waals surface area contributed by atoms with Crippen molar-refractivity contribution in [3.63, 3.8) is 0 Å². The first-order chi connectivity index (χ1) is 7.65. The first-order valence-corrected chi connectivity index (χ1v) is 6.76. The summed E-state index contributed by atoms with van der Waals surface area (Å²) >= 11 is 9.35. The van der Waals surface area contributed by atoms with Gasteiger partial charge in [0.05, 0.1) is 10.7 Å². The molecular formula is C12H15BrClNO. The van der Waals surface area contributed by atoms with Crippen molar-refractivity contribution in [2.45, 2.75) is 26.2 Å². The van der Waals surface area contributed by atoms with Crippen LogP contribution in [0.1, 0.15) is 24.8 Å². The molecule has 16 heavy (non-hydrogen) atoms. The molecule has 0 bridgehead atoms. The van der Waals surface area contributed by atoms with Gasteiger partial charge in [-0.25, -0.2) is 0 Å². The van der Waals surface area contributed by atoms with Gasteiger partial charge in [-0.15, -0.1) is 0 Å². The number of aryl methyl sites for hydroxylation is 1. The molecule has 0 radical (unpaired) electrons. The monoisotopic (exact) mass is 303 g/mol. The first kappa shape index (κ1) is 13.5. The fourth-order valence-electron chi connectivity index (χ4n) is 1.37. The minimum Gasteiger partial charge on any atom is -0.325 e. The number of alkyl halides is 1. The molecule has 0 atom stereocenters. The molecule has 1 aromatic rings. The Morgan fingerprint density at radius 3 is 2.81 bits per heavy atom. The molecule has 0 spiro atoms. The van der Waals surface area contributed by atoms with E-state index in [9.17, 15) is 4.79 Å². The third-order valence-electron chi connectivity index (χ3n) is 2.27. The predicted molar refractivity (Wildman–Crippen MR) is 72.5 cm³/mol. The number of benzene rings is 1. The number of carbonyl (C=O) groups is 1. The molecule has 0 unspecified atom stereocenters. The van der Waals surface area contributed by atoms with E-state index >= 15 is 0 Å². The van der Waals surface area contributed by atoms with E-state index in [4.69, 9.17) is 11.6 Å². The third-order valence-corrected chi connectivity index (χ3v) is 3.15. The fourth-order valence-corrected chi connectivity index (χ4v) is 2.04. The zero-order chi connectivity index (χ0) is 12.0. The van der Waals surface area contributed by atoms with Crippen LogP contribution in [-0.4, -0.2) is 11.2 Å². The minimum atomic E-state index is 0.0251. The van der Waals surface area contributed by atoms with Crippen LogP contribution in [0.4, 0.5) is 5.69 Å². The van der Waals surface area contributed by atoms with Gasteiger partial charge in [0.1, 0.15) is 0 Å². The highest BCUT2D eigenvalue weighted by atomic mass is 79.9. The zero-order valence-electron chi connectivity index (χ0n) is 9.22. The number of carbonyl (C=O) groups excluding carboxylic acids is 1. The standard InChI is InChI=1S/C12H15BrClNO/c1-9-5-4-6-10(14)12(9)15-11(16)7-2-3-8-13/h4-6H,2-3,7-8H2,1H3,(H,15,16). The Labute approximate surface area is 110 Å². The van der Waals surface area contributed by atoms with E-state index in [1.807, 2.05) is 19.1 Å². The lowest BCUT2D eigenvalue weighted by Crippen LogP contribution is -2.12. The number of nitrogens with one attached hydrogen (secondary N) is 1. The smallest absolute Gasteiger partial charge is 0.224 e. The molecule has 0 saturated carbocycles. The van der Waals surface area contributed by atoms with Crippen LogP contribution in [0.25, 0.3) is 0 Å². The maximum absolute atomic E-state index is 11.6. The Kier molecular flexibility index (Phi) is 5.85. The third kappa shape index (κ3) is 4.14. The lowest BCUT2D eigenvalue weighted by molar-refractivity contribution is -0.116. The Morgan fingerprint density at radius 1 is 1.44 bits per heavy atom. The Balaban J connectivity index is 2.56. The Hall–Kier alpha value is -0.540. The van der Waals surface area contributed by atoms with Crippen LogP contribution in [-0.2, 0) is 4.79 Å². The lowest BCUT2D eigenvalue weighted by atomic mass is 10.2. The Morgan fingerprint density at radius 2 is 2.19 bits per heavy atom. The second-order valence-electron chi connectivity index (χ2n) is 3.63. The van der Waals surface area contributed by atoms with Crippen LogP contribution in [0, 0.1) is 6.92 Å². The van der Waals surface area contributed by atoms with Crippen molar-refractivity contribution in [2.24, 2.45) is 0 Å². The number of anilines is 1. The fraction of sp³-hybridized carbons (Fsp3) is 0.417. The van der Waals surface area contributed by atoms with E-state index in [0.29, 0.717) is 11.4 Å². The van der Waals surface area contributed by atoms with Crippen molar-refractivity contribution in [2.75, 3.05) is 10.6 Å². The van der Waals surface area contributed by atoms with Crippen molar-refractivity contribution in [1.29, 1.82) is 0 Å². The molecule has 1 N–H and O–H groups in total. The molecule has 0 aliphatic heterocycles. The summed E-state index contributed by atoms with van der Waals surface area (Å²) in [7, 11) is 0. The van der Waals surface area contributed by atoms with Crippen LogP contribution in [0.5, 0.6) is 0 Å². The zero-order valence-corrected chi connectivity index (χ0v) is 11.6. The first-order valence-electron chi connectivity index (χ1n) is 5.26. The summed E-state index contributed by atoms with van der Waals surface area (Å²) in [4.78, 5) is 11.6. The summed E-state index contributed by atoms with van der Waals surface area (Å²) < 4.78 is 0. The van der Waals surface area contributed by atoms with E-state index in [1.165, 1.54) is 0 Å². The molecule has 0 aromatic heterocycles. The van der Waals surface area contributed by atoms with Crippen LogP contribution < -0.4 is 5.32 Å². The summed E-state index contributed by atoms with van der Waals surface area (Å²) in [6.45, 7) is 1.93. The number of unbranched alkanes of at least 4 members (excludes halogenated alkanes) is 1. The quantitative estimate of drug-likeness (QED) is 0.642. The van der Waals surface area contributed by atoms with Gasteiger partial charge >= 0.3 is 0 Å². The van der Waals surface area contributed by atoms with Crippen LogP contribution in [0.3, 0.4) is 0 Å². The van der Waals surface area contributed by atoms with Gasteiger partial charge in [0.15, 0.2) is 0 Å². The number of amides is 1. The molecule has 0 aliphatic carbocycles. The normalized spacial score (nSPS) is 10.2. The van der Waals surface area contributed by atoms with Crippen molar-refractivity contribution in [3.8, 4) is 0 Å². The number of hydrogen-bond donors (Lipinski definition) is 1. The summed E-state index contributed by atoms with van der Waals surface area (Å²) in [5.41, 5.74) is 1.72. The molecule has 0 fully saturated rings. The number of para-hydroxylation sites is 1. The average molecular weight is 305 g/mol. The predicted octanol–water partition coefficient (Wildman–Crippen LogP) is 4.15. The van der Waals surface area contributed by atoms with E-state index in [2.05, 4.69) is 21.2 Å². The highest BCUT2D eigenvalue weighted by Gasteiger charge is 2.07. The maximum Gasteiger partial charge on any atom is 0.224 e. The van der Waals surface area contributed by atoms with Crippen molar-refractivity contribution in [3.05, 3.63) is 28.8 Å². The van der Waals surface area contributed by atoms with Crippen molar-refractivity contribution in [1.82, 2.24) is 0 Å². The van der Waals surface area contributed by atoms with Gasteiger partial charge in [-0.3, -0.25) is 4.79 Å². The molecule has 0 aliphatic rings. The molecule has 1 amide bonds. The molecule has 1 rings (SSSR count). The topological polar surface area (TPSA) is 29.1 Å².